The lowest BCUT2D eigenvalue weighted by atomic mass is 9.98. The fourth-order valence-electron chi connectivity index (χ4n) is 2.06. The van der Waals surface area contributed by atoms with Crippen LogP contribution < -0.4 is 10.6 Å². The molecule has 1 saturated heterocycles. The second-order valence-electron chi connectivity index (χ2n) is 5.08. The normalized spacial score (nSPS) is 32.1. The lowest BCUT2D eigenvalue weighted by molar-refractivity contribution is -0.122. The van der Waals surface area contributed by atoms with Crippen molar-refractivity contribution in [3.8, 4) is 0 Å². The number of amides is 1. The molecule has 2 atom stereocenters. The SMILES string of the molecule is CC(NC1CCC(=O)NC1)C1(C)CC1. The Bertz CT molecular complexity index is 225. The Kier molecular flexibility index (Phi) is 2.52. The Hall–Kier alpha value is -0.570. The molecule has 2 rings (SSSR count). The molecule has 14 heavy (non-hydrogen) atoms. The molecule has 2 unspecified atom stereocenters. The molecule has 2 fully saturated rings. The van der Waals surface area contributed by atoms with Gasteiger partial charge in [0.25, 0.3) is 0 Å². The van der Waals surface area contributed by atoms with Crippen molar-refractivity contribution < 1.29 is 4.79 Å². The third-order valence-electron chi connectivity index (χ3n) is 3.84. The average molecular weight is 196 g/mol. The van der Waals surface area contributed by atoms with Gasteiger partial charge in [0.05, 0.1) is 0 Å². The molecule has 0 aromatic rings. The second-order valence-corrected chi connectivity index (χ2v) is 5.08. The van der Waals surface area contributed by atoms with Crippen LogP contribution in [0, 0.1) is 5.41 Å². The minimum Gasteiger partial charge on any atom is -0.355 e. The summed E-state index contributed by atoms with van der Waals surface area (Å²) >= 11 is 0. The van der Waals surface area contributed by atoms with E-state index in [1.165, 1.54) is 12.8 Å². The van der Waals surface area contributed by atoms with E-state index in [2.05, 4.69) is 24.5 Å². The maximum Gasteiger partial charge on any atom is 0.220 e. The monoisotopic (exact) mass is 196 g/mol. The molecular formula is C11H20N2O. The number of piperidine rings is 1. The van der Waals surface area contributed by atoms with E-state index in [1.54, 1.807) is 0 Å². The first-order valence-corrected chi connectivity index (χ1v) is 5.63. The van der Waals surface area contributed by atoms with Crippen molar-refractivity contribution in [1.29, 1.82) is 0 Å². The molecule has 0 bridgehead atoms. The van der Waals surface area contributed by atoms with Crippen LogP contribution in [-0.4, -0.2) is 24.5 Å². The topological polar surface area (TPSA) is 41.1 Å². The maximum absolute atomic E-state index is 11.0. The molecule has 1 aliphatic carbocycles. The third-order valence-corrected chi connectivity index (χ3v) is 3.84. The molecule has 1 amide bonds. The van der Waals surface area contributed by atoms with Crippen LogP contribution in [0.1, 0.15) is 39.5 Å². The molecule has 1 heterocycles. The van der Waals surface area contributed by atoms with Gasteiger partial charge in [0.1, 0.15) is 0 Å². The molecule has 0 aromatic heterocycles. The van der Waals surface area contributed by atoms with E-state index in [-0.39, 0.29) is 5.91 Å². The summed E-state index contributed by atoms with van der Waals surface area (Å²) in [5, 5.41) is 6.53. The lowest BCUT2D eigenvalue weighted by Gasteiger charge is -2.29. The maximum atomic E-state index is 11.0. The molecule has 3 nitrogen and oxygen atoms in total. The van der Waals surface area contributed by atoms with Gasteiger partial charge in [-0.2, -0.15) is 0 Å². The van der Waals surface area contributed by atoms with Crippen LogP contribution in [0.25, 0.3) is 0 Å². The average Bonchev–Trinajstić information content (AvgIpc) is 2.89. The van der Waals surface area contributed by atoms with Gasteiger partial charge in [-0.1, -0.05) is 6.92 Å². The van der Waals surface area contributed by atoms with Crippen LogP contribution >= 0.6 is 0 Å². The standard InChI is InChI=1S/C11H20N2O/c1-8(11(2)5-6-11)13-9-3-4-10(14)12-7-9/h8-9,13H,3-7H2,1-2H3,(H,12,14). The van der Waals surface area contributed by atoms with Gasteiger partial charge < -0.3 is 10.6 Å². The number of hydrogen-bond acceptors (Lipinski definition) is 2. The summed E-state index contributed by atoms with van der Waals surface area (Å²) in [7, 11) is 0. The number of carbonyl (C=O) groups is 1. The molecule has 80 valence electrons. The molecule has 2 N–H and O–H groups in total. The minimum atomic E-state index is 0.202. The molecular weight excluding hydrogens is 176 g/mol. The van der Waals surface area contributed by atoms with E-state index in [0.717, 1.165) is 13.0 Å². The largest absolute Gasteiger partial charge is 0.355 e. The third kappa shape index (κ3) is 2.08. The smallest absolute Gasteiger partial charge is 0.220 e. The Balaban J connectivity index is 1.77. The Labute approximate surface area is 85.6 Å². The second kappa shape index (κ2) is 3.54. The van der Waals surface area contributed by atoms with Gasteiger partial charge in [-0.05, 0) is 31.6 Å². The molecule has 0 spiro atoms. The van der Waals surface area contributed by atoms with Crippen molar-refractivity contribution in [2.24, 2.45) is 5.41 Å². The zero-order chi connectivity index (χ0) is 10.2. The molecule has 1 saturated carbocycles. The number of carbonyl (C=O) groups excluding carboxylic acids is 1. The van der Waals surface area contributed by atoms with Gasteiger partial charge in [-0.25, -0.2) is 0 Å². The zero-order valence-corrected chi connectivity index (χ0v) is 9.10. The van der Waals surface area contributed by atoms with Crippen molar-refractivity contribution in [2.75, 3.05) is 6.54 Å². The number of nitrogens with one attached hydrogen (secondary N) is 2. The van der Waals surface area contributed by atoms with Crippen LogP contribution in [0.2, 0.25) is 0 Å². The first kappa shape index (κ1) is 9.97. The van der Waals surface area contributed by atoms with Gasteiger partial charge in [0.15, 0.2) is 0 Å². The van der Waals surface area contributed by atoms with Crippen molar-refractivity contribution in [3.63, 3.8) is 0 Å². The van der Waals surface area contributed by atoms with Gasteiger partial charge in [-0.15, -0.1) is 0 Å². The summed E-state index contributed by atoms with van der Waals surface area (Å²) < 4.78 is 0. The summed E-state index contributed by atoms with van der Waals surface area (Å²) in [6.45, 7) is 5.41. The van der Waals surface area contributed by atoms with E-state index in [1.807, 2.05) is 0 Å². The highest BCUT2D eigenvalue weighted by molar-refractivity contribution is 5.76. The van der Waals surface area contributed by atoms with Crippen LogP contribution in [-0.2, 0) is 4.79 Å². The highest BCUT2D eigenvalue weighted by Crippen LogP contribution is 2.48. The molecule has 2 aliphatic rings. The Morgan fingerprint density at radius 2 is 2.29 bits per heavy atom. The molecule has 3 heteroatoms. The van der Waals surface area contributed by atoms with Gasteiger partial charge in [0.2, 0.25) is 5.91 Å². The molecule has 0 radical (unpaired) electrons. The van der Waals surface area contributed by atoms with Crippen molar-refractivity contribution in [2.45, 2.75) is 51.6 Å². The Morgan fingerprint density at radius 3 is 2.79 bits per heavy atom. The van der Waals surface area contributed by atoms with E-state index >= 15 is 0 Å². The zero-order valence-electron chi connectivity index (χ0n) is 9.10. The fourth-order valence-corrected chi connectivity index (χ4v) is 2.06. The van der Waals surface area contributed by atoms with Crippen LogP contribution in [0.5, 0.6) is 0 Å². The number of hydrogen-bond donors (Lipinski definition) is 2. The predicted molar refractivity (Wildman–Crippen MR) is 56.0 cm³/mol. The number of rotatable bonds is 3. The lowest BCUT2D eigenvalue weighted by Crippen LogP contribution is -2.50. The van der Waals surface area contributed by atoms with Crippen molar-refractivity contribution in [1.82, 2.24) is 10.6 Å². The highest BCUT2D eigenvalue weighted by atomic mass is 16.1. The molecule has 0 aromatic carbocycles. The van der Waals surface area contributed by atoms with E-state index < -0.39 is 0 Å². The van der Waals surface area contributed by atoms with Gasteiger partial charge >= 0.3 is 0 Å². The summed E-state index contributed by atoms with van der Waals surface area (Å²) in [6, 6.07) is 1.07. The van der Waals surface area contributed by atoms with E-state index in [4.69, 9.17) is 0 Å². The van der Waals surface area contributed by atoms with Gasteiger partial charge in [0, 0.05) is 25.0 Å². The first-order valence-electron chi connectivity index (χ1n) is 5.63. The predicted octanol–water partition coefficient (Wildman–Crippen LogP) is 1.04. The van der Waals surface area contributed by atoms with Crippen LogP contribution in [0.3, 0.4) is 0 Å². The summed E-state index contributed by atoms with van der Waals surface area (Å²) in [5.41, 5.74) is 0.529. The van der Waals surface area contributed by atoms with Gasteiger partial charge in [-0.3, -0.25) is 4.79 Å². The van der Waals surface area contributed by atoms with Crippen molar-refractivity contribution >= 4 is 5.91 Å². The molecule has 1 aliphatic heterocycles. The van der Waals surface area contributed by atoms with E-state index in [9.17, 15) is 4.79 Å². The van der Waals surface area contributed by atoms with Crippen LogP contribution in [0.15, 0.2) is 0 Å². The minimum absolute atomic E-state index is 0.202. The highest BCUT2D eigenvalue weighted by Gasteiger charge is 2.43. The van der Waals surface area contributed by atoms with E-state index in [0.29, 0.717) is 23.9 Å². The fraction of sp³-hybridized carbons (Fsp3) is 0.909. The quantitative estimate of drug-likeness (QED) is 0.708. The summed E-state index contributed by atoms with van der Waals surface area (Å²) in [6.07, 6.45) is 4.37. The Morgan fingerprint density at radius 1 is 1.57 bits per heavy atom. The van der Waals surface area contributed by atoms with Crippen LogP contribution in [0.4, 0.5) is 0 Å². The summed E-state index contributed by atoms with van der Waals surface area (Å²) in [5.74, 6) is 0.202. The summed E-state index contributed by atoms with van der Waals surface area (Å²) in [4.78, 5) is 11.0. The first-order chi connectivity index (χ1) is 6.60. The van der Waals surface area contributed by atoms with Crippen molar-refractivity contribution in [3.05, 3.63) is 0 Å².